The second-order valence-electron chi connectivity index (χ2n) is 4.12. The van der Waals surface area contributed by atoms with E-state index in [-0.39, 0.29) is 5.69 Å². The number of nitrogens with zero attached hydrogens (tertiary/aromatic N) is 3. The molecule has 1 amide bonds. The van der Waals surface area contributed by atoms with Crippen LogP contribution in [0, 0.1) is 6.92 Å². The molecule has 0 aliphatic rings. The van der Waals surface area contributed by atoms with Gasteiger partial charge in [0.25, 0.3) is 0 Å². The third-order valence-electron chi connectivity index (χ3n) is 2.48. The highest BCUT2D eigenvalue weighted by Gasteiger charge is 2.12. The van der Waals surface area contributed by atoms with Crippen molar-refractivity contribution in [2.75, 3.05) is 6.26 Å². The monoisotopic (exact) mass is 275 g/mol. The van der Waals surface area contributed by atoms with E-state index in [0.29, 0.717) is 4.90 Å². The maximum Gasteiger partial charge on any atom is 0.305 e. The molecule has 1 aromatic carbocycles. The van der Waals surface area contributed by atoms with Crippen LogP contribution in [0.15, 0.2) is 51.9 Å². The predicted octanol–water partition coefficient (Wildman–Crippen LogP) is 2.08. The first-order valence-corrected chi connectivity index (χ1v) is 7.52. The van der Waals surface area contributed by atoms with E-state index in [4.69, 9.17) is 0 Å². The lowest BCUT2D eigenvalue weighted by Crippen LogP contribution is -2.06. The minimum atomic E-state index is -2.77. The Morgan fingerprint density at radius 3 is 2.68 bits per heavy atom. The average Bonchev–Trinajstić information content (AvgIpc) is 2.39. The molecular weight excluding hydrogens is 262 g/mol. The highest BCUT2D eigenvalue weighted by atomic mass is 32.2. The van der Waals surface area contributed by atoms with Crippen molar-refractivity contribution in [2.24, 2.45) is 4.36 Å². The molecule has 1 heterocycles. The van der Waals surface area contributed by atoms with Crippen molar-refractivity contribution < 1.29 is 9.00 Å². The second kappa shape index (κ2) is 5.27. The number of carbonyl (C=O) groups excluding carboxylic acids is 1. The number of hydrogen-bond donors (Lipinski definition) is 0. The second-order valence-corrected chi connectivity index (χ2v) is 6.38. The highest BCUT2D eigenvalue weighted by Crippen LogP contribution is 2.14. The maximum absolute atomic E-state index is 12.5. The van der Waals surface area contributed by atoms with Gasteiger partial charge < -0.3 is 0 Å². The molecule has 0 spiro atoms. The molecule has 0 fully saturated rings. The first-order chi connectivity index (χ1) is 8.99. The smallest absolute Gasteiger partial charge is 0.264 e. The number of amides is 1. The van der Waals surface area contributed by atoms with Crippen molar-refractivity contribution >= 4 is 15.6 Å². The molecule has 0 N–H and O–H groups in total. The summed E-state index contributed by atoms with van der Waals surface area (Å²) in [5.41, 5.74) is 1.05. The minimum absolute atomic E-state index is 0.0877. The van der Waals surface area contributed by atoms with E-state index >= 15 is 0 Å². The number of aromatic nitrogens is 2. The summed E-state index contributed by atoms with van der Waals surface area (Å²) in [6.07, 6.45) is 2.90. The van der Waals surface area contributed by atoms with E-state index in [1.165, 1.54) is 18.5 Å². The Kier molecular flexibility index (Phi) is 3.71. The zero-order valence-electron chi connectivity index (χ0n) is 10.6. The van der Waals surface area contributed by atoms with E-state index in [1.54, 1.807) is 24.3 Å². The molecule has 0 saturated heterocycles. The number of aryl methyl sites for hydroxylation is 1. The highest BCUT2D eigenvalue weighted by molar-refractivity contribution is 7.93. The van der Waals surface area contributed by atoms with E-state index in [0.717, 1.165) is 5.56 Å². The van der Waals surface area contributed by atoms with Gasteiger partial charge in [-0.2, -0.15) is 9.46 Å². The lowest BCUT2D eigenvalue weighted by Gasteiger charge is -2.04. The molecule has 0 bridgehead atoms. The van der Waals surface area contributed by atoms with E-state index in [1.807, 2.05) is 13.0 Å². The summed E-state index contributed by atoms with van der Waals surface area (Å²) in [5.74, 6) is -0.623. The maximum atomic E-state index is 12.5. The Labute approximate surface area is 111 Å². The third-order valence-corrected chi connectivity index (χ3v) is 4.12. The summed E-state index contributed by atoms with van der Waals surface area (Å²) in [4.78, 5) is 12.4. The summed E-state index contributed by atoms with van der Waals surface area (Å²) in [5, 5.41) is 7.25. The number of benzene rings is 1. The summed E-state index contributed by atoms with van der Waals surface area (Å²) in [6.45, 7) is 1.89. The Hall–Kier alpha value is -2.08. The van der Waals surface area contributed by atoms with Crippen molar-refractivity contribution in [1.82, 2.24) is 10.2 Å². The van der Waals surface area contributed by atoms with Gasteiger partial charge in [-0.25, -0.2) is 4.21 Å². The molecule has 0 aliphatic heterocycles. The van der Waals surface area contributed by atoms with E-state index < -0.39 is 15.6 Å². The average molecular weight is 275 g/mol. The fourth-order valence-electron chi connectivity index (χ4n) is 1.52. The van der Waals surface area contributed by atoms with Crippen LogP contribution in [-0.4, -0.2) is 26.6 Å². The first-order valence-electron chi connectivity index (χ1n) is 5.60. The van der Waals surface area contributed by atoms with Crippen molar-refractivity contribution in [3.05, 3.63) is 53.9 Å². The minimum Gasteiger partial charge on any atom is -0.264 e. The normalized spacial score (nSPS) is 13.6. The van der Waals surface area contributed by atoms with Gasteiger partial charge in [0.05, 0.1) is 9.73 Å². The molecule has 2 aromatic rings. The van der Waals surface area contributed by atoms with E-state index in [2.05, 4.69) is 14.6 Å². The van der Waals surface area contributed by atoms with Crippen LogP contribution in [0.25, 0.3) is 0 Å². The molecule has 98 valence electrons. The van der Waals surface area contributed by atoms with Crippen LogP contribution < -0.4 is 0 Å². The number of carbonyl (C=O) groups is 1. The molecule has 1 aromatic heterocycles. The fraction of sp³-hybridized carbons (Fsp3) is 0.154. The molecule has 0 unspecified atom stereocenters. The summed E-state index contributed by atoms with van der Waals surface area (Å²) in [6, 6.07) is 10.2. The van der Waals surface area contributed by atoms with Crippen molar-refractivity contribution in [1.29, 1.82) is 0 Å². The van der Waals surface area contributed by atoms with Crippen LogP contribution in [0.3, 0.4) is 0 Å². The van der Waals surface area contributed by atoms with Crippen molar-refractivity contribution in [2.45, 2.75) is 11.8 Å². The van der Waals surface area contributed by atoms with E-state index in [9.17, 15) is 9.00 Å². The first kappa shape index (κ1) is 13.4. The van der Waals surface area contributed by atoms with Crippen LogP contribution in [0.2, 0.25) is 0 Å². The Morgan fingerprint density at radius 1 is 1.26 bits per heavy atom. The van der Waals surface area contributed by atoms with Crippen molar-refractivity contribution in [3.63, 3.8) is 0 Å². The zero-order chi connectivity index (χ0) is 13.9. The standard InChI is InChI=1S/C13H13N3O2S/c1-10-5-3-6-11(9-10)19(2,18)16-13(17)12-7-4-8-14-15-12/h3-9H,1-2H3/t19-/m1/s1. The third kappa shape index (κ3) is 3.23. The quantitative estimate of drug-likeness (QED) is 0.841. The van der Waals surface area contributed by atoms with Gasteiger partial charge in [0, 0.05) is 17.3 Å². The Balaban J connectivity index is 2.42. The van der Waals surface area contributed by atoms with Crippen LogP contribution in [0.4, 0.5) is 0 Å². The van der Waals surface area contributed by atoms with Gasteiger partial charge in [-0.3, -0.25) is 4.79 Å². The Bertz CT molecular complexity index is 720. The summed E-state index contributed by atoms with van der Waals surface area (Å²) >= 11 is 0. The molecule has 19 heavy (non-hydrogen) atoms. The predicted molar refractivity (Wildman–Crippen MR) is 72.3 cm³/mol. The van der Waals surface area contributed by atoms with Crippen molar-refractivity contribution in [3.8, 4) is 0 Å². The molecule has 0 aliphatic carbocycles. The molecule has 0 radical (unpaired) electrons. The van der Waals surface area contributed by atoms with Gasteiger partial charge in [0.15, 0.2) is 5.69 Å². The fourth-order valence-corrected chi connectivity index (χ4v) is 2.78. The number of hydrogen-bond acceptors (Lipinski definition) is 4. The topological polar surface area (TPSA) is 72.3 Å². The largest absolute Gasteiger partial charge is 0.305 e. The van der Waals surface area contributed by atoms with Gasteiger partial charge in [0.2, 0.25) is 0 Å². The molecule has 5 nitrogen and oxygen atoms in total. The molecule has 2 rings (SSSR count). The van der Waals surface area contributed by atoms with Gasteiger partial charge in [0.1, 0.15) is 0 Å². The molecular formula is C13H13N3O2S. The van der Waals surface area contributed by atoms with Gasteiger partial charge >= 0.3 is 5.91 Å². The SMILES string of the molecule is Cc1cccc([S@@](C)(=O)=NC(=O)c2cccnn2)c1. The lowest BCUT2D eigenvalue weighted by molar-refractivity contribution is 0.0999. The summed E-state index contributed by atoms with van der Waals surface area (Å²) in [7, 11) is -2.77. The van der Waals surface area contributed by atoms with Crippen LogP contribution in [0.5, 0.6) is 0 Å². The van der Waals surface area contributed by atoms with Crippen LogP contribution in [-0.2, 0) is 9.73 Å². The number of rotatable bonds is 2. The van der Waals surface area contributed by atoms with Gasteiger partial charge in [-0.05, 0) is 36.8 Å². The zero-order valence-corrected chi connectivity index (χ0v) is 11.4. The van der Waals surface area contributed by atoms with Gasteiger partial charge in [-0.15, -0.1) is 5.10 Å². The lowest BCUT2D eigenvalue weighted by atomic mass is 10.2. The molecule has 1 atom stereocenters. The molecule has 0 saturated carbocycles. The van der Waals surface area contributed by atoms with Crippen LogP contribution in [0.1, 0.15) is 16.1 Å². The van der Waals surface area contributed by atoms with Gasteiger partial charge in [-0.1, -0.05) is 12.1 Å². The van der Waals surface area contributed by atoms with Crippen LogP contribution >= 0.6 is 0 Å². The summed E-state index contributed by atoms with van der Waals surface area (Å²) < 4.78 is 16.3. The Morgan fingerprint density at radius 2 is 2.05 bits per heavy atom. The molecule has 6 heteroatoms.